The smallest absolute Gasteiger partial charge is 0.271 e. The fraction of sp³-hybridized carbons (Fsp3) is 0.368. The monoisotopic (exact) mass is 355 g/mol. The van der Waals surface area contributed by atoms with E-state index in [9.17, 15) is 4.79 Å². The molecular weight excluding hydrogens is 334 g/mol. The molecule has 0 saturated carbocycles. The maximum atomic E-state index is 12.7. The number of hydrogen-bond donors (Lipinski definition) is 0. The molecular formula is C19H21N3O2S. The zero-order valence-electron chi connectivity index (χ0n) is 14.3. The lowest BCUT2D eigenvalue weighted by molar-refractivity contribution is 0.271. The van der Waals surface area contributed by atoms with Crippen LogP contribution in [0.4, 0.5) is 0 Å². The number of hydrogen-bond acceptors (Lipinski definition) is 5. The Hall–Kier alpha value is -2.18. The van der Waals surface area contributed by atoms with Crippen LogP contribution in [0.3, 0.4) is 0 Å². The van der Waals surface area contributed by atoms with Crippen LogP contribution in [-0.2, 0) is 19.5 Å². The van der Waals surface area contributed by atoms with Gasteiger partial charge in [-0.05, 0) is 36.1 Å². The van der Waals surface area contributed by atoms with Gasteiger partial charge in [0.15, 0.2) is 0 Å². The molecule has 1 aliphatic rings. The molecule has 0 amide bonds. The Morgan fingerprint density at radius 2 is 2.00 bits per heavy atom. The molecule has 1 aliphatic heterocycles. The van der Waals surface area contributed by atoms with E-state index < -0.39 is 0 Å². The first-order valence-electron chi connectivity index (χ1n) is 8.65. The van der Waals surface area contributed by atoms with E-state index in [0.29, 0.717) is 13.2 Å². The number of aromatic nitrogens is 2. The molecule has 130 valence electrons. The lowest BCUT2D eigenvalue weighted by Crippen LogP contribution is -2.28. The highest BCUT2D eigenvalue weighted by atomic mass is 32.1. The van der Waals surface area contributed by atoms with Crippen molar-refractivity contribution in [2.75, 3.05) is 19.7 Å². The lowest BCUT2D eigenvalue weighted by Gasteiger charge is -2.19. The van der Waals surface area contributed by atoms with Crippen LogP contribution < -0.4 is 10.3 Å². The first kappa shape index (κ1) is 16.3. The molecule has 2 aromatic heterocycles. The standard InChI is InChI=1S/C19H21N3O2S/c1-2-24-15-5-3-14(4-6-15)13-21-9-7-17-20-16-8-12-25-18(16)19(23)22(17)11-10-21/h3-6,8,12H,2,7,9-11,13H2,1H3. The first-order chi connectivity index (χ1) is 12.2. The third-order valence-corrected chi connectivity index (χ3v) is 5.47. The van der Waals surface area contributed by atoms with Crippen molar-refractivity contribution >= 4 is 21.6 Å². The molecule has 0 unspecified atom stereocenters. The van der Waals surface area contributed by atoms with Crippen LogP contribution in [0.1, 0.15) is 18.3 Å². The second-order valence-corrected chi connectivity index (χ2v) is 7.14. The van der Waals surface area contributed by atoms with Gasteiger partial charge in [0.1, 0.15) is 16.3 Å². The number of nitrogens with zero attached hydrogens (tertiary/aromatic N) is 3. The van der Waals surface area contributed by atoms with E-state index >= 15 is 0 Å². The summed E-state index contributed by atoms with van der Waals surface area (Å²) < 4.78 is 8.12. The summed E-state index contributed by atoms with van der Waals surface area (Å²) in [5.74, 6) is 1.82. The maximum Gasteiger partial charge on any atom is 0.271 e. The molecule has 3 aromatic rings. The Balaban J connectivity index is 1.50. The van der Waals surface area contributed by atoms with Crippen LogP contribution >= 0.6 is 11.3 Å². The predicted molar refractivity (Wildman–Crippen MR) is 100 cm³/mol. The number of thiophene rings is 1. The van der Waals surface area contributed by atoms with Crippen LogP contribution in [-0.4, -0.2) is 34.1 Å². The second-order valence-electron chi connectivity index (χ2n) is 6.22. The van der Waals surface area contributed by atoms with E-state index in [1.54, 1.807) is 0 Å². The van der Waals surface area contributed by atoms with Crippen molar-refractivity contribution in [1.29, 1.82) is 0 Å². The van der Waals surface area contributed by atoms with Crippen molar-refractivity contribution < 1.29 is 4.74 Å². The first-order valence-corrected chi connectivity index (χ1v) is 9.53. The molecule has 5 nitrogen and oxygen atoms in total. The third-order valence-electron chi connectivity index (χ3n) is 4.58. The summed E-state index contributed by atoms with van der Waals surface area (Å²) in [6, 6.07) is 10.2. The van der Waals surface area contributed by atoms with E-state index in [4.69, 9.17) is 9.72 Å². The fourth-order valence-corrected chi connectivity index (χ4v) is 4.08. The molecule has 0 aliphatic carbocycles. The molecule has 0 atom stereocenters. The molecule has 6 heteroatoms. The van der Waals surface area contributed by atoms with Crippen LogP contribution in [0.25, 0.3) is 10.2 Å². The van der Waals surface area contributed by atoms with Gasteiger partial charge in [-0.1, -0.05) is 12.1 Å². The van der Waals surface area contributed by atoms with E-state index in [1.807, 2.05) is 35.1 Å². The fourth-order valence-electron chi connectivity index (χ4n) is 3.30. The highest BCUT2D eigenvalue weighted by molar-refractivity contribution is 7.17. The predicted octanol–water partition coefficient (Wildman–Crippen LogP) is 2.92. The SMILES string of the molecule is CCOc1ccc(CN2CCc3nc4ccsc4c(=O)n3CC2)cc1. The summed E-state index contributed by atoms with van der Waals surface area (Å²) in [5.41, 5.74) is 2.20. The molecule has 0 radical (unpaired) electrons. The topological polar surface area (TPSA) is 47.4 Å². The summed E-state index contributed by atoms with van der Waals surface area (Å²) in [4.78, 5) is 19.7. The zero-order chi connectivity index (χ0) is 17.2. The summed E-state index contributed by atoms with van der Waals surface area (Å²) >= 11 is 1.48. The molecule has 25 heavy (non-hydrogen) atoms. The minimum absolute atomic E-state index is 0.109. The normalized spacial score (nSPS) is 15.1. The minimum atomic E-state index is 0.109. The van der Waals surface area contributed by atoms with Crippen molar-refractivity contribution in [3.05, 3.63) is 57.5 Å². The minimum Gasteiger partial charge on any atom is -0.494 e. The molecule has 0 saturated heterocycles. The third kappa shape index (κ3) is 3.32. The lowest BCUT2D eigenvalue weighted by atomic mass is 10.2. The average molecular weight is 355 g/mol. The van der Waals surface area contributed by atoms with E-state index in [0.717, 1.165) is 47.8 Å². The molecule has 0 N–H and O–H groups in total. The van der Waals surface area contributed by atoms with Gasteiger partial charge in [0.25, 0.3) is 5.56 Å². The zero-order valence-corrected chi connectivity index (χ0v) is 15.1. The largest absolute Gasteiger partial charge is 0.494 e. The van der Waals surface area contributed by atoms with E-state index in [1.165, 1.54) is 16.9 Å². The molecule has 0 bridgehead atoms. The number of ether oxygens (including phenoxy) is 1. The van der Waals surface area contributed by atoms with Crippen LogP contribution in [0.2, 0.25) is 0 Å². The maximum absolute atomic E-state index is 12.7. The van der Waals surface area contributed by atoms with Gasteiger partial charge in [0.2, 0.25) is 0 Å². The quantitative estimate of drug-likeness (QED) is 0.722. The summed E-state index contributed by atoms with van der Waals surface area (Å²) in [5, 5.41) is 1.94. The second kappa shape index (κ2) is 6.98. The molecule has 4 rings (SSSR count). The van der Waals surface area contributed by atoms with Crippen LogP contribution in [0.5, 0.6) is 5.75 Å². The number of fused-ring (bicyclic) bond motifs is 2. The van der Waals surface area contributed by atoms with Crippen molar-refractivity contribution in [3.8, 4) is 5.75 Å². The van der Waals surface area contributed by atoms with Gasteiger partial charge >= 0.3 is 0 Å². The van der Waals surface area contributed by atoms with Gasteiger partial charge in [-0.25, -0.2) is 4.98 Å². The van der Waals surface area contributed by atoms with Gasteiger partial charge in [-0.2, -0.15) is 0 Å². The molecule has 0 spiro atoms. The Morgan fingerprint density at radius 1 is 1.16 bits per heavy atom. The van der Waals surface area contributed by atoms with E-state index in [-0.39, 0.29) is 5.56 Å². The van der Waals surface area contributed by atoms with Crippen molar-refractivity contribution in [2.24, 2.45) is 0 Å². The van der Waals surface area contributed by atoms with Gasteiger partial charge in [-0.3, -0.25) is 14.3 Å². The summed E-state index contributed by atoms with van der Waals surface area (Å²) in [7, 11) is 0. The molecule has 0 fully saturated rings. The summed E-state index contributed by atoms with van der Waals surface area (Å²) in [6.45, 7) is 6.02. The van der Waals surface area contributed by atoms with Crippen LogP contribution in [0.15, 0.2) is 40.5 Å². The van der Waals surface area contributed by atoms with Crippen LogP contribution in [0, 0.1) is 0 Å². The van der Waals surface area contributed by atoms with Gasteiger partial charge in [0, 0.05) is 32.6 Å². The Bertz CT molecular complexity index is 930. The van der Waals surface area contributed by atoms with Gasteiger partial charge in [0.05, 0.1) is 12.1 Å². The van der Waals surface area contributed by atoms with Gasteiger partial charge < -0.3 is 4.74 Å². The highest BCUT2D eigenvalue weighted by Gasteiger charge is 2.18. The highest BCUT2D eigenvalue weighted by Crippen LogP contribution is 2.18. The Kier molecular flexibility index (Phi) is 4.55. The van der Waals surface area contributed by atoms with Crippen molar-refractivity contribution in [2.45, 2.75) is 26.4 Å². The van der Waals surface area contributed by atoms with E-state index in [2.05, 4.69) is 17.0 Å². The van der Waals surface area contributed by atoms with Gasteiger partial charge in [-0.15, -0.1) is 11.3 Å². The molecule has 3 heterocycles. The molecule has 1 aromatic carbocycles. The summed E-state index contributed by atoms with van der Waals surface area (Å²) in [6.07, 6.45) is 0.804. The Labute approximate surface area is 150 Å². The van der Waals surface area contributed by atoms with Crippen molar-refractivity contribution in [3.63, 3.8) is 0 Å². The number of benzene rings is 1. The average Bonchev–Trinajstić information content (AvgIpc) is 3.00. The Morgan fingerprint density at radius 3 is 2.80 bits per heavy atom. The van der Waals surface area contributed by atoms with Crippen molar-refractivity contribution in [1.82, 2.24) is 14.5 Å². The number of rotatable bonds is 4.